The zero-order chi connectivity index (χ0) is 21.9. The fraction of sp³-hybridized carbons (Fsp3) is 0.364. The van der Waals surface area contributed by atoms with Crippen LogP contribution in [0.15, 0.2) is 42.5 Å². The molecule has 8 nitrogen and oxygen atoms in total. The molecule has 8 heteroatoms. The van der Waals surface area contributed by atoms with Crippen molar-refractivity contribution in [1.29, 1.82) is 0 Å². The van der Waals surface area contributed by atoms with Crippen LogP contribution in [-0.4, -0.2) is 56.8 Å². The fourth-order valence-corrected chi connectivity index (χ4v) is 3.58. The summed E-state index contributed by atoms with van der Waals surface area (Å²) in [6, 6.07) is 12.8. The van der Waals surface area contributed by atoms with Crippen molar-refractivity contribution in [2.75, 3.05) is 35.0 Å². The summed E-state index contributed by atoms with van der Waals surface area (Å²) >= 11 is 0. The zero-order valence-electron chi connectivity index (χ0n) is 17.9. The number of nitrogens with one attached hydrogen (secondary N) is 1. The Balaban J connectivity index is 1.85. The number of rotatable bonds is 8. The van der Waals surface area contributed by atoms with E-state index in [1.54, 1.807) is 19.1 Å². The van der Waals surface area contributed by atoms with E-state index in [0.29, 0.717) is 29.4 Å². The molecule has 160 valence electrons. The summed E-state index contributed by atoms with van der Waals surface area (Å²) in [7, 11) is 6.38. The lowest BCUT2D eigenvalue weighted by Gasteiger charge is -2.26. The first-order chi connectivity index (χ1) is 14.3. The second-order valence-corrected chi connectivity index (χ2v) is 7.34. The van der Waals surface area contributed by atoms with Gasteiger partial charge in [0.25, 0.3) is 5.91 Å². The molecule has 0 aliphatic carbocycles. The third-order valence-corrected chi connectivity index (χ3v) is 5.20. The summed E-state index contributed by atoms with van der Waals surface area (Å²) in [5.74, 6) is 0.898. The molecule has 1 N–H and O–H groups in total. The van der Waals surface area contributed by atoms with E-state index in [1.807, 2.05) is 42.3 Å². The van der Waals surface area contributed by atoms with Gasteiger partial charge in [0.05, 0.1) is 28.0 Å². The lowest BCUT2D eigenvalue weighted by molar-refractivity contribution is -0.132. The lowest BCUT2D eigenvalue weighted by Crippen LogP contribution is -2.42. The summed E-state index contributed by atoms with van der Waals surface area (Å²) in [6.45, 7) is 2.45. The van der Waals surface area contributed by atoms with Gasteiger partial charge in [-0.2, -0.15) is 0 Å². The molecule has 0 radical (unpaired) electrons. The predicted molar refractivity (Wildman–Crippen MR) is 112 cm³/mol. The highest BCUT2D eigenvalue weighted by molar-refractivity contribution is 6.07. The molecule has 1 fully saturated rings. The second-order valence-electron chi connectivity index (χ2n) is 7.34. The van der Waals surface area contributed by atoms with Gasteiger partial charge in [-0.05, 0) is 37.2 Å². The van der Waals surface area contributed by atoms with Crippen molar-refractivity contribution in [2.24, 2.45) is 0 Å². The summed E-state index contributed by atoms with van der Waals surface area (Å²) in [5, 5.41) is 2.81. The van der Waals surface area contributed by atoms with Gasteiger partial charge in [0, 0.05) is 6.54 Å². The van der Waals surface area contributed by atoms with Gasteiger partial charge in [-0.1, -0.05) is 30.3 Å². The number of carbonyl (C=O) groups excluding carboxylic acids is 2. The average molecular weight is 413 g/mol. The van der Waals surface area contributed by atoms with E-state index in [1.165, 1.54) is 26.2 Å². The smallest absolute Gasteiger partial charge is 0.326 e. The van der Waals surface area contributed by atoms with Crippen molar-refractivity contribution in [3.63, 3.8) is 0 Å². The van der Waals surface area contributed by atoms with E-state index >= 15 is 0 Å². The molecule has 1 heterocycles. The van der Waals surface area contributed by atoms with E-state index in [2.05, 4.69) is 5.32 Å². The maximum absolute atomic E-state index is 13.3. The van der Waals surface area contributed by atoms with Gasteiger partial charge in [-0.15, -0.1) is 0 Å². The van der Waals surface area contributed by atoms with Crippen LogP contribution in [0, 0.1) is 0 Å². The van der Waals surface area contributed by atoms with Crippen LogP contribution in [0.5, 0.6) is 17.2 Å². The summed E-state index contributed by atoms with van der Waals surface area (Å²) < 4.78 is 16.1. The molecule has 1 atom stereocenters. The number of nitrogens with zero attached hydrogens (tertiary/aromatic N) is 2. The first-order valence-electron chi connectivity index (χ1n) is 9.51. The molecule has 1 unspecified atom stereocenters. The van der Waals surface area contributed by atoms with Gasteiger partial charge in [-0.3, -0.25) is 9.69 Å². The lowest BCUT2D eigenvalue weighted by atomic mass is 9.91. The Morgan fingerprint density at radius 1 is 1.00 bits per heavy atom. The third kappa shape index (κ3) is 3.91. The molecule has 1 aliphatic heterocycles. The van der Waals surface area contributed by atoms with Gasteiger partial charge >= 0.3 is 6.03 Å². The molecular weight excluding hydrogens is 386 g/mol. The van der Waals surface area contributed by atoms with Crippen molar-refractivity contribution in [2.45, 2.75) is 19.0 Å². The number of ether oxygens (including phenoxy) is 3. The first kappa shape index (κ1) is 21.4. The van der Waals surface area contributed by atoms with Crippen LogP contribution in [0.3, 0.4) is 0 Å². The molecule has 1 aliphatic rings. The maximum atomic E-state index is 13.3. The first-order valence-corrected chi connectivity index (χ1v) is 9.51. The highest BCUT2D eigenvalue weighted by Crippen LogP contribution is 2.42. The Bertz CT molecular complexity index is 909. The minimum Gasteiger partial charge on any atom is -0.493 e. The Hall–Kier alpha value is -3.26. The monoisotopic (exact) mass is 413 g/mol. The number of carbonyl (C=O) groups is 2. The SMILES string of the molecule is COc1cc(C2(C)NC(=O)N(CN(C)Cc3ccccc3)C2=O)cc(OC)c1OC. The van der Waals surface area contributed by atoms with E-state index in [-0.39, 0.29) is 12.6 Å². The summed E-state index contributed by atoms with van der Waals surface area (Å²) in [5.41, 5.74) is 0.389. The molecule has 0 spiro atoms. The van der Waals surface area contributed by atoms with E-state index in [9.17, 15) is 9.59 Å². The molecule has 1 saturated heterocycles. The molecular formula is C22H27N3O5. The minimum atomic E-state index is -1.25. The quantitative estimate of drug-likeness (QED) is 0.670. The average Bonchev–Trinajstić information content (AvgIpc) is 2.97. The molecule has 3 rings (SSSR count). The van der Waals surface area contributed by atoms with Crippen LogP contribution in [0.4, 0.5) is 4.79 Å². The minimum absolute atomic E-state index is 0.166. The van der Waals surface area contributed by atoms with Crippen LogP contribution in [0.2, 0.25) is 0 Å². The molecule has 2 aromatic carbocycles. The number of benzene rings is 2. The number of urea groups is 1. The van der Waals surface area contributed by atoms with Gasteiger partial charge in [0.1, 0.15) is 5.54 Å². The van der Waals surface area contributed by atoms with Crippen LogP contribution in [0.1, 0.15) is 18.1 Å². The summed E-state index contributed by atoms with van der Waals surface area (Å²) in [6.07, 6.45) is 0. The van der Waals surface area contributed by atoms with Crippen LogP contribution < -0.4 is 19.5 Å². The van der Waals surface area contributed by atoms with Gasteiger partial charge in [-0.25, -0.2) is 9.69 Å². The number of amides is 3. The number of hydrogen-bond donors (Lipinski definition) is 1. The molecule has 0 bridgehead atoms. The van der Waals surface area contributed by atoms with Crippen LogP contribution in [-0.2, 0) is 16.9 Å². The largest absolute Gasteiger partial charge is 0.493 e. The highest BCUT2D eigenvalue weighted by Gasteiger charge is 2.49. The Labute approximate surface area is 176 Å². The molecule has 2 aromatic rings. The normalized spacial score (nSPS) is 18.5. The number of methoxy groups -OCH3 is 3. The van der Waals surface area contributed by atoms with Crippen molar-refractivity contribution in [3.8, 4) is 17.2 Å². The standard InChI is InChI=1S/C22H27N3O5/c1-22(16-11-17(28-3)19(30-5)18(12-16)29-4)20(26)25(21(27)23-22)14-24(2)13-15-9-7-6-8-10-15/h6-12H,13-14H2,1-5H3,(H,23,27). The van der Waals surface area contributed by atoms with Gasteiger partial charge in [0.2, 0.25) is 5.75 Å². The third-order valence-electron chi connectivity index (χ3n) is 5.20. The molecule has 0 aromatic heterocycles. The van der Waals surface area contributed by atoms with Crippen molar-refractivity contribution < 1.29 is 23.8 Å². The Kier molecular flexibility index (Phi) is 6.17. The maximum Gasteiger partial charge on any atom is 0.326 e. The Morgan fingerprint density at radius 3 is 2.13 bits per heavy atom. The van der Waals surface area contributed by atoms with E-state index < -0.39 is 11.6 Å². The van der Waals surface area contributed by atoms with Crippen molar-refractivity contribution in [1.82, 2.24) is 15.1 Å². The van der Waals surface area contributed by atoms with Crippen molar-refractivity contribution in [3.05, 3.63) is 53.6 Å². The highest BCUT2D eigenvalue weighted by atomic mass is 16.5. The zero-order valence-corrected chi connectivity index (χ0v) is 17.9. The topological polar surface area (TPSA) is 80.3 Å². The Morgan fingerprint density at radius 2 is 1.60 bits per heavy atom. The number of hydrogen-bond acceptors (Lipinski definition) is 6. The van der Waals surface area contributed by atoms with Gasteiger partial charge in [0.15, 0.2) is 11.5 Å². The summed E-state index contributed by atoms with van der Waals surface area (Å²) in [4.78, 5) is 29.1. The van der Waals surface area contributed by atoms with Crippen LogP contribution in [0.25, 0.3) is 0 Å². The van der Waals surface area contributed by atoms with Crippen molar-refractivity contribution >= 4 is 11.9 Å². The van der Waals surface area contributed by atoms with Crippen LogP contribution >= 0.6 is 0 Å². The number of imide groups is 1. The fourth-order valence-electron chi connectivity index (χ4n) is 3.58. The molecule has 30 heavy (non-hydrogen) atoms. The predicted octanol–water partition coefficient (Wildman–Crippen LogP) is 2.57. The van der Waals surface area contributed by atoms with E-state index in [0.717, 1.165) is 5.56 Å². The second kappa shape index (κ2) is 8.62. The molecule has 3 amide bonds. The van der Waals surface area contributed by atoms with E-state index in [4.69, 9.17) is 14.2 Å². The van der Waals surface area contributed by atoms with Gasteiger partial charge < -0.3 is 19.5 Å². The molecule has 0 saturated carbocycles.